The molecular formula is C16H20ClN. The molecule has 0 bridgehead atoms. The molecule has 1 atom stereocenters. The van der Waals surface area contributed by atoms with Crippen LogP contribution in [0.25, 0.3) is 0 Å². The molecule has 1 aliphatic rings. The molecule has 2 rings (SSSR count). The molecule has 0 spiro atoms. The Morgan fingerprint density at radius 3 is 2.61 bits per heavy atom. The quantitative estimate of drug-likeness (QED) is 0.791. The zero-order valence-electron chi connectivity index (χ0n) is 10.8. The van der Waals surface area contributed by atoms with E-state index in [9.17, 15) is 0 Å². The maximum Gasteiger partial charge on any atom is 0.0406 e. The van der Waals surface area contributed by atoms with Crippen LogP contribution in [-0.4, -0.2) is 12.1 Å². The number of halogens is 1. The van der Waals surface area contributed by atoms with Gasteiger partial charge >= 0.3 is 0 Å². The average Bonchev–Trinajstić information content (AvgIpc) is 2.33. The van der Waals surface area contributed by atoms with Gasteiger partial charge in [-0.15, -0.1) is 12.3 Å². The van der Waals surface area contributed by atoms with Gasteiger partial charge in [0.15, 0.2) is 0 Å². The predicted molar refractivity (Wildman–Crippen MR) is 77.9 cm³/mol. The van der Waals surface area contributed by atoms with E-state index in [4.69, 9.17) is 18.0 Å². The van der Waals surface area contributed by atoms with Gasteiger partial charge in [-0.05, 0) is 42.9 Å². The molecule has 1 aromatic rings. The lowest BCUT2D eigenvalue weighted by atomic mass is 9.75. The van der Waals surface area contributed by atoms with E-state index in [1.807, 2.05) is 12.1 Å². The Morgan fingerprint density at radius 1 is 1.39 bits per heavy atom. The molecule has 1 saturated carbocycles. The minimum absolute atomic E-state index is 0.478. The van der Waals surface area contributed by atoms with E-state index in [0.29, 0.717) is 18.0 Å². The first-order valence-electron chi connectivity index (χ1n) is 6.68. The Hall–Kier alpha value is -0.970. The van der Waals surface area contributed by atoms with Crippen LogP contribution in [0.5, 0.6) is 0 Å². The summed E-state index contributed by atoms with van der Waals surface area (Å²) in [5, 5.41) is 4.46. The van der Waals surface area contributed by atoms with Gasteiger partial charge in [0.05, 0.1) is 0 Å². The normalized spacial score (nSPS) is 24.1. The van der Waals surface area contributed by atoms with Crippen LogP contribution in [-0.2, 0) is 0 Å². The summed E-state index contributed by atoms with van der Waals surface area (Å²) in [5.41, 5.74) is 1.41. The SMILES string of the molecule is C#CC[C@H](CC)NC1CC(c2ccc(Cl)cc2)C1. The maximum atomic E-state index is 5.90. The number of nitrogens with one attached hydrogen (secondary N) is 1. The molecule has 96 valence electrons. The van der Waals surface area contributed by atoms with Crippen molar-refractivity contribution in [1.82, 2.24) is 5.32 Å². The Morgan fingerprint density at radius 2 is 2.06 bits per heavy atom. The molecule has 1 N–H and O–H groups in total. The van der Waals surface area contributed by atoms with Gasteiger partial charge in [0.25, 0.3) is 0 Å². The second-order valence-corrected chi connectivity index (χ2v) is 5.53. The van der Waals surface area contributed by atoms with Crippen LogP contribution in [0.3, 0.4) is 0 Å². The zero-order valence-corrected chi connectivity index (χ0v) is 11.6. The highest BCUT2D eigenvalue weighted by Gasteiger charge is 2.30. The summed E-state index contributed by atoms with van der Waals surface area (Å²) >= 11 is 5.90. The molecular weight excluding hydrogens is 242 g/mol. The van der Waals surface area contributed by atoms with Crippen LogP contribution < -0.4 is 5.32 Å². The Balaban J connectivity index is 1.80. The van der Waals surface area contributed by atoms with Crippen LogP contribution in [0.1, 0.15) is 44.1 Å². The van der Waals surface area contributed by atoms with E-state index < -0.39 is 0 Å². The molecule has 0 amide bonds. The van der Waals surface area contributed by atoms with Crippen molar-refractivity contribution >= 4 is 11.6 Å². The van der Waals surface area contributed by atoms with Crippen LogP contribution >= 0.6 is 11.6 Å². The van der Waals surface area contributed by atoms with Gasteiger partial charge < -0.3 is 5.32 Å². The molecule has 18 heavy (non-hydrogen) atoms. The van der Waals surface area contributed by atoms with E-state index in [2.05, 4.69) is 30.3 Å². The number of terminal acetylenes is 1. The van der Waals surface area contributed by atoms with E-state index >= 15 is 0 Å². The first-order valence-corrected chi connectivity index (χ1v) is 7.05. The van der Waals surface area contributed by atoms with Gasteiger partial charge in [-0.25, -0.2) is 0 Å². The van der Waals surface area contributed by atoms with E-state index in [1.165, 1.54) is 18.4 Å². The molecule has 0 aromatic heterocycles. The van der Waals surface area contributed by atoms with Crippen LogP contribution in [0.15, 0.2) is 24.3 Å². The summed E-state index contributed by atoms with van der Waals surface area (Å²) in [6.07, 6.45) is 9.73. The smallest absolute Gasteiger partial charge is 0.0406 e. The van der Waals surface area contributed by atoms with Crippen molar-refractivity contribution in [2.24, 2.45) is 0 Å². The third-order valence-corrected chi connectivity index (χ3v) is 4.06. The molecule has 1 nitrogen and oxygen atoms in total. The van der Waals surface area contributed by atoms with Crippen molar-refractivity contribution in [3.8, 4) is 12.3 Å². The second kappa shape index (κ2) is 6.27. The fourth-order valence-corrected chi connectivity index (χ4v) is 2.68. The van der Waals surface area contributed by atoms with Gasteiger partial charge in [-0.1, -0.05) is 30.7 Å². The zero-order chi connectivity index (χ0) is 13.0. The minimum Gasteiger partial charge on any atom is -0.310 e. The molecule has 0 radical (unpaired) electrons. The first-order chi connectivity index (χ1) is 8.72. The highest BCUT2D eigenvalue weighted by atomic mass is 35.5. The summed E-state index contributed by atoms with van der Waals surface area (Å²) in [6, 6.07) is 9.34. The van der Waals surface area contributed by atoms with Crippen molar-refractivity contribution in [2.45, 2.75) is 50.6 Å². The molecule has 0 unspecified atom stereocenters. The van der Waals surface area contributed by atoms with Gasteiger partial charge in [-0.3, -0.25) is 0 Å². The molecule has 0 saturated heterocycles. The highest BCUT2D eigenvalue weighted by Crippen LogP contribution is 2.37. The average molecular weight is 262 g/mol. The second-order valence-electron chi connectivity index (χ2n) is 5.10. The first kappa shape index (κ1) is 13.5. The minimum atomic E-state index is 0.478. The third-order valence-electron chi connectivity index (χ3n) is 3.81. The molecule has 2 heteroatoms. The standard InChI is InChI=1S/C16H20ClN/c1-3-5-15(4-2)18-16-10-13(11-16)12-6-8-14(17)9-7-12/h1,6-9,13,15-16,18H,4-5,10-11H2,2H3/t13?,15-,16?/m0/s1. The molecule has 0 heterocycles. The summed E-state index contributed by atoms with van der Waals surface area (Å²) in [7, 11) is 0. The Kier molecular flexibility index (Phi) is 4.69. The molecule has 1 aliphatic carbocycles. The lowest BCUT2D eigenvalue weighted by Crippen LogP contribution is -2.45. The topological polar surface area (TPSA) is 12.0 Å². The van der Waals surface area contributed by atoms with Crippen LogP contribution in [0.2, 0.25) is 5.02 Å². The monoisotopic (exact) mass is 261 g/mol. The summed E-state index contributed by atoms with van der Waals surface area (Å²) in [5.74, 6) is 3.43. The van der Waals surface area contributed by atoms with Crippen molar-refractivity contribution in [1.29, 1.82) is 0 Å². The summed E-state index contributed by atoms with van der Waals surface area (Å²) < 4.78 is 0. The van der Waals surface area contributed by atoms with Gasteiger partial charge in [-0.2, -0.15) is 0 Å². The molecule has 0 aliphatic heterocycles. The van der Waals surface area contributed by atoms with E-state index in [0.717, 1.165) is 17.9 Å². The largest absolute Gasteiger partial charge is 0.310 e. The molecule has 1 fully saturated rings. The number of rotatable bonds is 5. The molecule has 1 aromatic carbocycles. The Bertz CT molecular complexity index is 412. The number of hydrogen-bond acceptors (Lipinski definition) is 1. The lowest BCUT2D eigenvalue weighted by molar-refractivity contribution is 0.262. The fourth-order valence-electron chi connectivity index (χ4n) is 2.56. The van der Waals surface area contributed by atoms with E-state index in [1.54, 1.807) is 0 Å². The van der Waals surface area contributed by atoms with Crippen LogP contribution in [0, 0.1) is 12.3 Å². The van der Waals surface area contributed by atoms with Gasteiger partial charge in [0.1, 0.15) is 0 Å². The van der Waals surface area contributed by atoms with Gasteiger partial charge in [0.2, 0.25) is 0 Å². The van der Waals surface area contributed by atoms with Gasteiger partial charge in [0, 0.05) is 23.5 Å². The fraction of sp³-hybridized carbons (Fsp3) is 0.500. The summed E-state index contributed by atoms with van der Waals surface area (Å²) in [6.45, 7) is 2.18. The Labute approximate surface area is 115 Å². The number of benzene rings is 1. The van der Waals surface area contributed by atoms with Crippen molar-refractivity contribution in [2.75, 3.05) is 0 Å². The highest BCUT2D eigenvalue weighted by molar-refractivity contribution is 6.30. The third kappa shape index (κ3) is 3.28. The van der Waals surface area contributed by atoms with Crippen molar-refractivity contribution in [3.05, 3.63) is 34.9 Å². The van der Waals surface area contributed by atoms with Crippen LogP contribution in [0.4, 0.5) is 0 Å². The number of hydrogen-bond donors (Lipinski definition) is 1. The predicted octanol–water partition coefficient (Wildman–Crippen LogP) is 3.98. The van der Waals surface area contributed by atoms with Crippen molar-refractivity contribution < 1.29 is 0 Å². The summed E-state index contributed by atoms with van der Waals surface area (Å²) in [4.78, 5) is 0. The lowest BCUT2D eigenvalue weighted by Gasteiger charge is -2.38. The van der Waals surface area contributed by atoms with Crippen molar-refractivity contribution in [3.63, 3.8) is 0 Å². The maximum absolute atomic E-state index is 5.90. The van der Waals surface area contributed by atoms with E-state index in [-0.39, 0.29) is 0 Å².